The van der Waals surface area contributed by atoms with E-state index in [9.17, 15) is 39.2 Å². The van der Waals surface area contributed by atoms with Gasteiger partial charge in [-0.2, -0.15) is 0 Å². The van der Waals surface area contributed by atoms with Gasteiger partial charge in [0.25, 0.3) is 5.91 Å². The Morgan fingerprint density at radius 1 is 1.13 bits per heavy atom. The lowest BCUT2D eigenvalue weighted by molar-refractivity contribution is -0.153. The second-order valence-corrected chi connectivity index (χ2v) is 10.4. The normalized spacial score (nSPS) is 26.8. The van der Waals surface area contributed by atoms with Gasteiger partial charge in [0, 0.05) is 11.5 Å². The molecule has 3 aliphatic rings. The summed E-state index contributed by atoms with van der Waals surface area (Å²) in [4.78, 5) is 40.6. The summed E-state index contributed by atoms with van der Waals surface area (Å²) in [5.74, 6) is -7.41. The predicted molar refractivity (Wildman–Crippen MR) is 134 cm³/mol. The Labute approximate surface area is 217 Å². The second kappa shape index (κ2) is 8.50. The van der Waals surface area contributed by atoms with E-state index in [2.05, 4.69) is 0 Å². The Bertz CT molecular complexity index is 1510. The number of aromatic hydroxyl groups is 1. The van der Waals surface area contributed by atoms with E-state index in [0.29, 0.717) is 22.3 Å². The summed E-state index contributed by atoms with van der Waals surface area (Å²) >= 11 is 0. The van der Waals surface area contributed by atoms with Crippen LogP contribution in [0.4, 0.5) is 4.39 Å². The van der Waals surface area contributed by atoms with E-state index in [1.807, 2.05) is 0 Å². The first-order chi connectivity index (χ1) is 17.8. The molecule has 2 aromatic rings. The molecule has 9 nitrogen and oxygen atoms in total. The van der Waals surface area contributed by atoms with E-state index < -0.39 is 58.0 Å². The number of aliphatic hydroxyl groups is 3. The van der Waals surface area contributed by atoms with Crippen LogP contribution in [0, 0.1) is 24.6 Å². The SMILES string of the molecule is Cc1cc(-c2ccc(O)c3c2C[C@@H]2C[C@@H]4[C@@H](N(C)C)C(=O)C(C(N)=O)=C(O)[C@]4(O)C(=O)C2=C3O)ccc1F. The summed E-state index contributed by atoms with van der Waals surface area (Å²) in [5, 5.41) is 44.6. The molecule has 10 heteroatoms. The zero-order valence-electron chi connectivity index (χ0n) is 20.9. The number of carbonyl (C=O) groups excluding carboxylic acids is 3. The molecule has 4 atom stereocenters. The molecule has 198 valence electrons. The number of amides is 1. The first-order valence-corrected chi connectivity index (χ1v) is 12.1. The van der Waals surface area contributed by atoms with Gasteiger partial charge < -0.3 is 26.2 Å². The summed E-state index contributed by atoms with van der Waals surface area (Å²) in [6.07, 6.45) is 0.137. The lowest BCUT2D eigenvalue weighted by Gasteiger charge is -2.50. The molecule has 0 aromatic heterocycles. The largest absolute Gasteiger partial charge is 0.508 e. The Kier molecular flexibility index (Phi) is 5.73. The number of nitrogens with two attached hydrogens (primary N) is 1. The molecule has 1 amide bonds. The number of phenols is 1. The standard InChI is InChI=1S/C28H27FN2O7/c1-11-8-12(4-6-17(11)29)14-5-7-18(32)20-15(14)9-13-10-16-22(31(2)3)24(34)21(27(30)37)26(36)28(16,38)25(35)19(13)23(20)33/h4-8,13,16,22,32-33,36,38H,9-10H2,1-3H3,(H2,30,37)/t13-,16-,22-,28-/m1/s1. The van der Waals surface area contributed by atoms with Gasteiger partial charge in [-0.15, -0.1) is 0 Å². The molecule has 2 aromatic carbocycles. The maximum Gasteiger partial charge on any atom is 0.255 e. The van der Waals surface area contributed by atoms with E-state index >= 15 is 0 Å². The lowest BCUT2D eigenvalue weighted by Crippen LogP contribution is -2.65. The van der Waals surface area contributed by atoms with Crippen LogP contribution in [0.5, 0.6) is 5.75 Å². The highest BCUT2D eigenvalue weighted by atomic mass is 19.1. The molecule has 0 spiro atoms. The molecule has 38 heavy (non-hydrogen) atoms. The van der Waals surface area contributed by atoms with Crippen LogP contribution >= 0.6 is 0 Å². The smallest absolute Gasteiger partial charge is 0.255 e. The number of Topliss-reactive ketones (excluding diaryl/α,β-unsaturated/α-hetero) is 2. The third-order valence-corrected chi connectivity index (χ3v) is 8.07. The first-order valence-electron chi connectivity index (χ1n) is 12.1. The van der Waals surface area contributed by atoms with Crippen molar-refractivity contribution in [3.8, 4) is 16.9 Å². The fourth-order valence-corrected chi connectivity index (χ4v) is 6.33. The number of nitrogens with zero attached hydrogens (tertiary/aromatic N) is 1. The lowest BCUT2D eigenvalue weighted by atomic mass is 9.57. The van der Waals surface area contributed by atoms with Crippen LogP contribution in [0.2, 0.25) is 0 Å². The van der Waals surface area contributed by atoms with E-state index in [1.54, 1.807) is 39.2 Å². The fraction of sp³-hybridized carbons (Fsp3) is 0.321. The zero-order chi connectivity index (χ0) is 27.8. The average Bonchev–Trinajstić information content (AvgIpc) is 2.83. The number of phenolic OH excluding ortho intramolecular Hbond substituents is 1. The van der Waals surface area contributed by atoms with E-state index in [-0.39, 0.29) is 35.5 Å². The molecule has 0 radical (unpaired) electrons. The monoisotopic (exact) mass is 522 g/mol. The highest BCUT2D eigenvalue weighted by molar-refractivity contribution is 6.24. The highest BCUT2D eigenvalue weighted by Gasteiger charge is 2.64. The number of fused-ring (bicyclic) bond motifs is 3. The minimum absolute atomic E-state index is 0.0106. The number of carbonyl (C=O) groups is 3. The number of hydrogen-bond acceptors (Lipinski definition) is 8. The number of benzene rings is 2. The van der Waals surface area contributed by atoms with Crippen molar-refractivity contribution in [1.29, 1.82) is 0 Å². The number of aryl methyl sites for hydroxylation is 1. The van der Waals surface area contributed by atoms with Gasteiger partial charge in [-0.3, -0.25) is 19.3 Å². The molecule has 0 bridgehead atoms. The predicted octanol–water partition coefficient (Wildman–Crippen LogP) is 2.08. The van der Waals surface area contributed by atoms with E-state index in [0.717, 1.165) is 0 Å². The molecular weight excluding hydrogens is 495 g/mol. The van der Waals surface area contributed by atoms with Gasteiger partial charge in [0.15, 0.2) is 11.4 Å². The van der Waals surface area contributed by atoms with Crippen LogP contribution in [-0.4, -0.2) is 68.5 Å². The fourth-order valence-electron chi connectivity index (χ4n) is 6.33. The minimum Gasteiger partial charge on any atom is -0.508 e. The van der Waals surface area contributed by atoms with Crippen LogP contribution in [0.25, 0.3) is 16.9 Å². The van der Waals surface area contributed by atoms with Crippen molar-refractivity contribution in [2.45, 2.75) is 31.4 Å². The minimum atomic E-state index is -2.69. The van der Waals surface area contributed by atoms with Gasteiger partial charge >= 0.3 is 0 Å². The van der Waals surface area contributed by atoms with Gasteiger partial charge in [-0.1, -0.05) is 12.1 Å². The third-order valence-electron chi connectivity index (χ3n) is 8.07. The average molecular weight is 523 g/mol. The molecule has 3 aliphatic carbocycles. The number of rotatable bonds is 3. The van der Waals surface area contributed by atoms with Crippen LogP contribution in [-0.2, 0) is 20.8 Å². The maximum absolute atomic E-state index is 13.9. The molecule has 0 heterocycles. The van der Waals surface area contributed by atoms with Gasteiger partial charge in [-0.05, 0) is 80.2 Å². The van der Waals surface area contributed by atoms with Crippen molar-refractivity contribution in [1.82, 2.24) is 4.90 Å². The zero-order valence-corrected chi connectivity index (χ0v) is 20.9. The number of likely N-dealkylation sites (N-methyl/N-ethyl adjacent to an activating group) is 1. The van der Waals surface area contributed by atoms with Crippen molar-refractivity contribution >= 4 is 23.2 Å². The molecule has 0 unspecified atom stereocenters. The molecule has 0 saturated heterocycles. The van der Waals surface area contributed by atoms with Crippen LogP contribution in [0.15, 0.2) is 47.2 Å². The summed E-state index contributed by atoms with van der Waals surface area (Å²) < 4.78 is 13.9. The summed E-state index contributed by atoms with van der Waals surface area (Å²) in [5.41, 5.74) is 3.72. The summed E-state index contributed by atoms with van der Waals surface area (Å²) in [7, 11) is 3.08. The van der Waals surface area contributed by atoms with Gasteiger partial charge in [-0.25, -0.2) is 4.39 Å². The van der Waals surface area contributed by atoms with Gasteiger partial charge in [0.1, 0.15) is 28.7 Å². The Balaban J connectivity index is 1.74. The van der Waals surface area contributed by atoms with Crippen molar-refractivity contribution in [3.63, 3.8) is 0 Å². The molecule has 6 N–H and O–H groups in total. The first kappa shape index (κ1) is 25.6. The summed E-state index contributed by atoms with van der Waals surface area (Å²) in [6, 6.07) is 6.36. The maximum atomic E-state index is 13.9. The quantitative estimate of drug-likeness (QED) is 0.383. The van der Waals surface area contributed by atoms with Crippen LogP contribution in [0.3, 0.4) is 0 Å². The molecule has 0 aliphatic heterocycles. The summed E-state index contributed by atoms with van der Waals surface area (Å²) in [6.45, 7) is 1.61. The van der Waals surface area contributed by atoms with Gasteiger partial charge in [0.05, 0.1) is 11.6 Å². The van der Waals surface area contributed by atoms with E-state index in [4.69, 9.17) is 5.73 Å². The molecular formula is C28H27FN2O7. The Hall–Kier alpha value is -4.02. The van der Waals surface area contributed by atoms with Gasteiger partial charge in [0.2, 0.25) is 5.78 Å². The number of halogens is 1. The van der Waals surface area contributed by atoms with Crippen molar-refractivity contribution < 1.29 is 39.2 Å². The van der Waals surface area contributed by atoms with Crippen LogP contribution < -0.4 is 5.73 Å². The third kappa shape index (κ3) is 3.33. The van der Waals surface area contributed by atoms with Crippen molar-refractivity contribution in [2.24, 2.45) is 17.6 Å². The number of ketones is 2. The van der Waals surface area contributed by atoms with Crippen LogP contribution in [0.1, 0.15) is 23.1 Å². The van der Waals surface area contributed by atoms with Crippen molar-refractivity contribution in [3.05, 3.63) is 69.7 Å². The second-order valence-electron chi connectivity index (χ2n) is 10.4. The Morgan fingerprint density at radius 2 is 1.82 bits per heavy atom. The number of primary amides is 1. The molecule has 1 saturated carbocycles. The highest BCUT2D eigenvalue weighted by Crippen LogP contribution is 2.53. The number of aliphatic hydroxyl groups excluding tert-OH is 2. The van der Waals surface area contributed by atoms with Crippen molar-refractivity contribution in [2.75, 3.05) is 14.1 Å². The topological polar surface area (TPSA) is 161 Å². The molecule has 5 rings (SSSR count). The van der Waals surface area contributed by atoms with E-state index in [1.165, 1.54) is 17.0 Å². The molecule has 1 fully saturated rings. The number of hydrogen-bond donors (Lipinski definition) is 5. The Morgan fingerprint density at radius 3 is 2.42 bits per heavy atom.